The highest BCUT2D eigenvalue weighted by Crippen LogP contribution is 2.12. The SMILES string of the molecule is NCC(F)(F)CNC(=O)CCn1cnc2ccccc21. The molecule has 1 aromatic heterocycles. The highest BCUT2D eigenvalue weighted by atomic mass is 19.3. The first-order valence-electron chi connectivity index (χ1n) is 6.26. The predicted octanol–water partition coefficient (Wildman–Crippen LogP) is 1.14. The molecule has 0 aliphatic carbocycles. The number of fused-ring (bicyclic) bond motifs is 1. The first-order valence-corrected chi connectivity index (χ1v) is 6.26. The van der Waals surface area contributed by atoms with Crippen LogP contribution in [0.15, 0.2) is 30.6 Å². The van der Waals surface area contributed by atoms with Crippen LogP contribution in [0, 0.1) is 0 Å². The van der Waals surface area contributed by atoms with Gasteiger partial charge in [0.2, 0.25) is 5.91 Å². The van der Waals surface area contributed by atoms with Gasteiger partial charge >= 0.3 is 0 Å². The Balaban J connectivity index is 1.87. The van der Waals surface area contributed by atoms with Crippen molar-refractivity contribution in [3.63, 3.8) is 0 Å². The van der Waals surface area contributed by atoms with E-state index in [0.29, 0.717) is 6.54 Å². The number of nitrogens with zero attached hydrogens (tertiary/aromatic N) is 2. The Hall–Kier alpha value is -2.02. The van der Waals surface area contributed by atoms with Gasteiger partial charge < -0.3 is 15.6 Å². The van der Waals surface area contributed by atoms with Crippen LogP contribution in [0.1, 0.15) is 6.42 Å². The molecule has 7 heteroatoms. The van der Waals surface area contributed by atoms with Gasteiger partial charge in [0.15, 0.2) is 0 Å². The molecule has 0 radical (unpaired) electrons. The molecule has 0 bridgehead atoms. The van der Waals surface area contributed by atoms with E-state index in [4.69, 9.17) is 5.73 Å². The van der Waals surface area contributed by atoms with Crippen LogP contribution in [-0.4, -0.2) is 34.5 Å². The summed E-state index contributed by atoms with van der Waals surface area (Å²) in [7, 11) is 0. The van der Waals surface area contributed by atoms with Gasteiger partial charge in [0, 0.05) is 13.0 Å². The Morgan fingerprint density at radius 3 is 2.90 bits per heavy atom. The predicted molar refractivity (Wildman–Crippen MR) is 71.4 cm³/mol. The van der Waals surface area contributed by atoms with E-state index >= 15 is 0 Å². The maximum Gasteiger partial charge on any atom is 0.277 e. The van der Waals surface area contributed by atoms with Gasteiger partial charge in [0.1, 0.15) is 0 Å². The molecule has 2 aromatic rings. The molecule has 0 aliphatic rings. The van der Waals surface area contributed by atoms with E-state index in [-0.39, 0.29) is 6.42 Å². The normalized spacial score (nSPS) is 11.8. The van der Waals surface area contributed by atoms with E-state index in [2.05, 4.69) is 10.3 Å². The monoisotopic (exact) mass is 282 g/mol. The highest BCUT2D eigenvalue weighted by Gasteiger charge is 2.26. The van der Waals surface area contributed by atoms with Crippen molar-refractivity contribution < 1.29 is 13.6 Å². The molecule has 1 amide bonds. The third-order valence-electron chi connectivity index (χ3n) is 2.95. The second kappa shape index (κ2) is 5.96. The summed E-state index contributed by atoms with van der Waals surface area (Å²) >= 11 is 0. The summed E-state index contributed by atoms with van der Waals surface area (Å²) < 4.78 is 27.6. The molecule has 2 rings (SSSR count). The number of hydrogen-bond donors (Lipinski definition) is 2. The second-order valence-corrected chi connectivity index (χ2v) is 4.51. The van der Waals surface area contributed by atoms with Crippen LogP contribution in [0.2, 0.25) is 0 Å². The second-order valence-electron chi connectivity index (χ2n) is 4.51. The largest absolute Gasteiger partial charge is 0.350 e. The topological polar surface area (TPSA) is 72.9 Å². The lowest BCUT2D eigenvalue weighted by Crippen LogP contribution is -2.41. The van der Waals surface area contributed by atoms with E-state index in [9.17, 15) is 13.6 Å². The smallest absolute Gasteiger partial charge is 0.277 e. The van der Waals surface area contributed by atoms with E-state index in [1.807, 2.05) is 28.8 Å². The van der Waals surface area contributed by atoms with Gasteiger partial charge in [0.05, 0.1) is 30.5 Å². The van der Waals surface area contributed by atoms with Crippen molar-refractivity contribution in [3.05, 3.63) is 30.6 Å². The summed E-state index contributed by atoms with van der Waals surface area (Å²) in [4.78, 5) is 15.7. The van der Waals surface area contributed by atoms with Crippen molar-refractivity contribution in [2.24, 2.45) is 5.73 Å². The average Bonchev–Trinajstić information content (AvgIpc) is 2.86. The van der Waals surface area contributed by atoms with Gasteiger partial charge in [-0.05, 0) is 12.1 Å². The van der Waals surface area contributed by atoms with Crippen LogP contribution in [0.5, 0.6) is 0 Å². The lowest BCUT2D eigenvalue weighted by Gasteiger charge is -2.14. The van der Waals surface area contributed by atoms with E-state index < -0.39 is 24.9 Å². The number of halogens is 2. The summed E-state index contributed by atoms with van der Waals surface area (Å²) in [5.74, 6) is -3.49. The van der Waals surface area contributed by atoms with E-state index in [1.54, 1.807) is 6.33 Å². The number of alkyl halides is 2. The number of nitrogens with one attached hydrogen (secondary N) is 1. The molecule has 5 nitrogen and oxygen atoms in total. The van der Waals surface area contributed by atoms with Gasteiger partial charge in [-0.15, -0.1) is 0 Å². The summed E-state index contributed by atoms with van der Waals surface area (Å²) in [6.45, 7) is -1.12. The fourth-order valence-corrected chi connectivity index (χ4v) is 1.80. The van der Waals surface area contributed by atoms with Crippen molar-refractivity contribution in [2.45, 2.75) is 18.9 Å². The van der Waals surface area contributed by atoms with E-state index in [1.165, 1.54) is 0 Å². The number of amides is 1. The van der Waals surface area contributed by atoms with E-state index in [0.717, 1.165) is 11.0 Å². The number of para-hydroxylation sites is 2. The summed E-state index contributed by atoms with van der Waals surface area (Å²) in [5, 5.41) is 2.18. The molecule has 0 atom stereocenters. The maximum absolute atomic E-state index is 12.9. The standard InChI is InChI=1S/C13H16F2N4O/c14-13(15,7-16)8-17-12(20)5-6-19-9-18-10-3-1-2-4-11(10)19/h1-4,9H,5-8,16H2,(H,17,20). The number of carbonyl (C=O) groups excluding carboxylic acids is 1. The molecule has 20 heavy (non-hydrogen) atoms. The molecule has 0 unspecified atom stereocenters. The Morgan fingerprint density at radius 2 is 2.15 bits per heavy atom. The molecule has 0 spiro atoms. The van der Waals surface area contributed by atoms with Crippen LogP contribution < -0.4 is 11.1 Å². The van der Waals surface area contributed by atoms with Crippen LogP contribution in [0.25, 0.3) is 11.0 Å². The number of carbonyl (C=O) groups is 1. The number of aromatic nitrogens is 2. The minimum Gasteiger partial charge on any atom is -0.350 e. The Morgan fingerprint density at radius 1 is 1.40 bits per heavy atom. The lowest BCUT2D eigenvalue weighted by atomic mass is 10.3. The van der Waals surface area contributed by atoms with Crippen molar-refractivity contribution >= 4 is 16.9 Å². The molecular formula is C13H16F2N4O. The zero-order chi connectivity index (χ0) is 14.6. The van der Waals surface area contributed by atoms with Gasteiger partial charge in [-0.1, -0.05) is 12.1 Å². The zero-order valence-corrected chi connectivity index (χ0v) is 10.9. The first-order chi connectivity index (χ1) is 9.52. The summed E-state index contributed by atoms with van der Waals surface area (Å²) in [5.41, 5.74) is 6.64. The minimum atomic E-state index is -3.06. The van der Waals surface area contributed by atoms with Crippen LogP contribution in [0.3, 0.4) is 0 Å². The minimum absolute atomic E-state index is 0.112. The van der Waals surface area contributed by atoms with Gasteiger partial charge in [-0.2, -0.15) is 0 Å². The number of hydrogen-bond acceptors (Lipinski definition) is 3. The number of rotatable bonds is 6. The van der Waals surface area contributed by atoms with Crippen molar-refractivity contribution in [1.82, 2.24) is 14.9 Å². The van der Waals surface area contributed by atoms with Crippen LogP contribution >= 0.6 is 0 Å². The lowest BCUT2D eigenvalue weighted by molar-refractivity contribution is -0.123. The third-order valence-corrected chi connectivity index (χ3v) is 2.95. The zero-order valence-electron chi connectivity index (χ0n) is 10.9. The average molecular weight is 282 g/mol. The quantitative estimate of drug-likeness (QED) is 0.834. The first kappa shape index (κ1) is 14.4. The molecule has 0 saturated carbocycles. The Kier molecular flexibility index (Phi) is 4.29. The molecule has 1 heterocycles. The number of nitrogens with two attached hydrogens (primary N) is 1. The maximum atomic E-state index is 12.9. The third kappa shape index (κ3) is 3.51. The number of aryl methyl sites for hydroxylation is 1. The molecule has 3 N–H and O–H groups in total. The Labute approximate surface area is 114 Å². The summed E-state index contributed by atoms with van der Waals surface area (Å²) in [6, 6.07) is 7.51. The van der Waals surface area contributed by atoms with Gasteiger partial charge in [0.25, 0.3) is 5.92 Å². The van der Waals surface area contributed by atoms with Crippen LogP contribution in [-0.2, 0) is 11.3 Å². The summed E-state index contributed by atoms with van der Waals surface area (Å²) in [6.07, 6.45) is 1.74. The molecule has 108 valence electrons. The fraction of sp³-hybridized carbons (Fsp3) is 0.385. The molecule has 0 fully saturated rings. The molecule has 0 aliphatic heterocycles. The van der Waals surface area contributed by atoms with Crippen molar-refractivity contribution in [3.8, 4) is 0 Å². The van der Waals surface area contributed by atoms with Crippen molar-refractivity contribution in [1.29, 1.82) is 0 Å². The highest BCUT2D eigenvalue weighted by molar-refractivity contribution is 5.77. The number of imidazole rings is 1. The van der Waals surface area contributed by atoms with Gasteiger partial charge in [-0.3, -0.25) is 4.79 Å². The Bertz CT molecular complexity index is 597. The number of benzene rings is 1. The molecule has 0 saturated heterocycles. The van der Waals surface area contributed by atoms with Crippen molar-refractivity contribution in [2.75, 3.05) is 13.1 Å². The molecular weight excluding hydrogens is 266 g/mol. The fourth-order valence-electron chi connectivity index (χ4n) is 1.80. The van der Waals surface area contributed by atoms with Crippen LogP contribution in [0.4, 0.5) is 8.78 Å². The van der Waals surface area contributed by atoms with Gasteiger partial charge in [-0.25, -0.2) is 13.8 Å². The molecule has 1 aromatic carbocycles.